The average molecular weight is 254 g/mol. The molecule has 0 saturated carbocycles. The van der Waals surface area contributed by atoms with Crippen molar-refractivity contribution in [1.29, 1.82) is 0 Å². The first kappa shape index (κ1) is 7.42. The van der Waals surface area contributed by atoms with E-state index in [1.54, 1.807) is 12.1 Å². The summed E-state index contributed by atoms with van der Waals surface area (Å²) in [4.78, 5) is 0. The van der Waals surface area contributed by atoms with Gasteiger partial charge >= 0.3 is 0 Å². The van der Waals surface area contributed by atoms with Gasteiger partial charge in [0, 0.05) is 0 Å². The molecule has 0 radical (unpaired) electrons. The summed E-state index contributed by atoms with van der Waals surface area (Å²) >= 11 is 2.27. The predicted octanol–water partition coefficient (Wildman–Crippen LogP) is 2.48. The van der Waals surface area contributed by atoms with Gasteiger partial charge in [-0.3, -0.25) is 0 Å². The molecule has 0 aliphatic heterocycles. The van der Waals surface area contributed by atoms with Crippen LogP contribution in [0.5, 0.6) is 0 Å². The number of rotatable bonds is 1. The molecule has 1 aromatic rings. The highest BCUT2D eigenvalue weighted by Gasteiger charge is 1.88. The summed E-state index contributed by atoms with van der Waals surface area (Å²) < 4.78 is 12.2. The smallest absolute Gasteiger partial charge is 0.123 e. The third-order valence-corrected chi connectivity index (χ3v) is 3.37. The van der Waals surface area contributed by atoms with Crippen LogP contribution < -0.4 is 5.30 Å². The van der Waals surface area contributed by atoms with Gasteiger partial charge in [-0.1, -0.05) is 34.2 Å². The van der Waals surface area contributed by atoms with Crippen molar-refractivity contribution >= 4 is 33.6 Å². The van der Waals surface area contributed by atoms with Gasteiger partial charge in [0.1, 0.15) is 5.82 Å². The van der Waals surface area contributed by atoms with Crippen LogP contribution in [0.1, 0.15) is 0 Å². The summed E-state index contributed by atoms with van der Waals surface area (Å²) in [6.45, 7) is 0. The highest BCUT2D eigenvalue weighted by Crippen LogP contribution is 2.19. The Kier molecular flexibility index (Phi) is 2.86. The van der Waals surface area contributed by atoms with Crippen LogP contribution in [0.25, 0.3) is 0 Å². The van der Waals surface area contributed by atoms with Crippen molar-refractivity contribution in [3.8, 4) is 0 Å². The lowest BCUT2D eigenvalue weighted by molar-refractivity contribution is 0.628. The molecule has 0 heterocycles. The maximum atomic E-state index is 12.2. The molecule has 0 nitrogen and oxygen atoms in total. The second-order valence-electron chi connectivity index (χ2n) is 1.60. The third-order valence-electron chi connectivity index (χ3n) is 0.953. The molecular weight excluding hydrogens is 249 g/mol. The van der Waals surface area contributed by atoms with Crippen LogP contribution in [0.2, 0.25) is 0 Å². The summed E-state index contributed by atoms with van der Waals surface area (Å²) in [6.07, 6.45) is 0.730. The van der Waals surface area contributed by atoms with E-state index in [0.29, 0.717) is 0 Å². The van der Waals surface area contributed by atoms with E-state index in [1.165, 1.54) is 17.4 Å². The minimum Gasteiger partial charge on any atom is -0.207 e. The zero-order valence-electron chi connectivity index (χ0n) is 4.57. The quantitative estimate of drug-likeness (QED) is 0.533. The molecule has 0 bridgehead atoms. The van der Waals surface area contributed by atoms with Crippen molar-refractivity contribution in [3.63, 3.8) is 0 Å². The lowest BCUT2D eigenvalue weighted by atomic mass is 10.4. The van der Waals surface area contributed by atoms with E-state index in [1.807, 2.05) is 0 Å². The molecule has 0 aliphatic rings. The van der Waals surface area contributed by atoms with E-state index < -0.39 is 0 Å². The van der Waals surface area contributed by atoms with E-state index in [9.17, 15) is 4.39 Å². The Morgan fingerprint density at radius 2 is 1.78 bits per heavy atom. The first-order chi connectivity index (χ1) is 4.33. The molecule has 1 rings (SSSR count). The molecule has 9 heavy (non-hydrogen) atoms. The number of hydrogen-bond acceptors (Lipinski definition) is 0. The molecule has 3 heteroatoms. The Labute approximate surface area is 68.1 Å². The van der Waals surface area contributed by atoms with E-state index in [-0.39, 0.29) is 5.82 Å². The summed E-state index contributed by atoms with van der Waals surface area (Å²) in [5.41, 5.74) is 0. The van der Waals surface area contributed by atoms with E-state index in [0.717, 1.165) is 6.22 Å². The summed E-state index contributed by atoms with van der Waals surface area (Å²) in [7, 11) is 0. The first-order valence-corrected chi connectivity index (χ1v) is 6.56. The maximum Gasteiger partial charge on any atom is 0.123 e. The normalized spacial score (nSPS) is 10.9. The Morgan fingerprint density at radius 1 is 1.22 bits per heavy atom. The lowest BCUT2D eigenvalue weighted by Gasteiger charge is -1.91. The van der Waals surface area contributed by atoms with Crippen molar-refractivity contribution in [2.45, 2.75) is 0 Å². The summed E-state index contributed by atoms with van der Waals surface area (Å²) in [5.74, 6) is -0.159. The van der Waals surface area contributed by atoms with Gasteiger partial charge in [-0.25, -0.2) is 4.39 Å². The predicted molar refractivity (Wildman–Crippen MR) is 48.4 cm³/mol. The highest BCUT2D eigenvalue weighted by atomic mass is 127. The minimum absolute atomic E-state index is 0.159. The van der Waals surface area contributed by atoms with E-state index >= 15 is 0 Å². The maximum absolute atomic E-state index is 12.2. The molecule has 0 aromatic heterocycles. The third kappa shape index (κ3) is 2.18. The van der Waals surface area contributed by atoms with E-state index in [4.69, 9.17) is 0 Å². The monoisotopic (exact) mass is 254 g/mol. The topological polar surface area (TPSA) is 0 Å². The number of halogens is 2. The fraction of sp³-hybridized carbons (Fsp3) is 0. The van der Waals surface area contributed by atoms with Crippen molar-refractivity contribution in [3.05, 3.63) is 30.1 Å². The van der Waals surface area contributed by atoms with Crippen LogP contribution in [0.4, 0.5) is 4.39 Å². The van der Waals surface area contributed by atoms with Gasteiger partial charge in [0.2, 0.25) is 0 Å². The van der Waals surface area contributed by atoms with Crippen LogP contribution in [0, 0.1) is 5.82 Å². The van der Waals surface area contributed by atoms with Crippen molar-refractivity contribution in [1.82, 2.24) is 0 Å². The molecule has 0 spiro atoms. The SMILES string of the molecule is Fc1ccc(PI)cc1. The van der Waals surface area contributed by atoms with Crippen LogP contribution in [-0.2, 0) is 0 Å². The Balaban J connectivity index is 2.88. The van der Waals surface area contributed by atoms with Crippen LogP contribution in [-0.4, -0.2) is 0 Å². The molecule has 0 fully saturated rings. The fourth-order valence-corrected chi connectivity index (χ4v) is 1.88. The van der Waals surface area contributed by atoms with Crippen LogP contribution in [0.15, 0.2) is 24.3 Å². The summed E-state index contributed by atoms with van der Waals surface area (Å²) in [5, 5.41) is 1.19. The number of benzene rings is 1. The molecule has 1 unspecified atom stereocenters. The van der Waals surface area contributed by atoms with Gasteiger partial charge in [-0.15, -0.1) is 0 Å². The van der Waals surface area contributed by atoms with Crippen LogP contribution in [0.3, 0.4) is 0 Å². The molecule has 0 N–H and O–H groups in total. The summed E-state index contributed by atoms with van der Waals surface area (Å²) in [6, 6.07) is 6.59. The van der Waals surface area contributed by atoms with Gasteiger partial charge in [0.25, 0.3) is 0 Å². The van der Waals surface area contributed by atoms with Crippen LogP contribution >= 0.6 is 28.3 Å². The number of hydrogen-bond donors (Lipinski definition) is 0. The van der Waals surface area contributed by atoms with Gasteiger partial charge in [0.05, 0.1) is 0 Å². The van der Waals surface area contributed by atoms with Gasteiger partial charge in [-0.05, 0) is 23.7 Å². The second-order valence-corrected chi connectivity index (χ2v) is 3.99. The molecule has 48 valence electrons. The van der Waals surface area contributed by atoms with Gasteiger partial charge in [-0.2, -0.15) is 0 Å². The Bertz CT molecular complexity index is 185. The fourth-order valence-electron chi connectivity index (χ4n) is 0.513. The standard InChI is InChI=1S/C6H5FIP/c7-5-1-3-6(9-8)4-2-5/h1-4,9H. The largest absolute Gasteiger partial charge is 0.207 e. The van der Waals surface area contributed by atoms with Gasteiger partial charge < -0.3 is 0 Å². The highest BCUT2D eigenvalue weighted by molar-refractivity contribution is 14.2. The molecule has 1 aromatic carbocycles. The van der Waals surface area contributed by atoms with E-state index in [2.05, 4.69) is 22.0 Å². The lowest BCUT2D eigenvalue weighted by Crippen LogP contribution is -1.88. The van der Waals surface area contributed by atoms with Crippen molar-refractivity contribution in [2.75, 3.05) is 0 Å². The second kappa shape index (κ2) is 3.47. The molecule has 0 amide bonds. The van der Waals surface area contributed by atoms with Crippen molar-refractivity contribution in [2.24, 2.45) is 0 Å². The van der Waals surface area contributed by atoms with Crippen molar-refractivity contribution < 1.29 is 4.39 Å². The zero-order valence-corrected chi connectivity index (χ0v) is 7.72. The van der Waals surface area contributed by atoms with Gasteiger partial charge in [0.15, 0.2) is 0 Å². The molecule has 1 atom stereocenters. The average Bonchev–Trinajstić information content (AvgIpc) is 1.90. The zero-order chi connectivity index (χ0) is 6.69. The molecular formula is C6H5FIP. The molecule has 0 saturated heterocycles. The first-order valence-electron chi connectivity index (χ1n) is 2.45. The Morgan fingerprint density at radius 3 is 2.22 bits per heavy atom. The minimum atomic E-state index is -0.159. The molecule has 0 aliphatic carbocycles. The Hall–Kier alpha value is 0.310.